The highest BCUT2D eigenvalue weighted by atomic mass is 19.4. The van der Waals surface area contributed by atoms with E-state index in [9.17, 15) is 32.3 Å². The number of hydrogen-bond donors (Lipinski definition) is 3. The van der Waals surface area contributed by atoms with Gasteiger partial charge in [-0.05, 0) is 37.6 Å². The third-order valence-electron chi connectivity index (χ3n) is 8.22. The molecule has 4 N–H and O–H groups in total. The summed E-state index contributed by atoms with van der Waals surface area (Å²) >= 11 is 0. The summed E-state index contributed by atoms with van der Waals surface area (Å²) in [7, 11) is 1.98. The minimum absolute atomic E-state index is 0.183. The van der Waals surface area contributed by atoms with E-state index in [1.165, 1.54) is 12.1 Å². The van der Waals surface area contributed by atoms with E-state index in [0.29, 0.717) is 44.3 Å². The highest BCUT2D eigenvalue weighted by Crippen LogP contribution is 2.34. The van der Waals surface area contributed by atoms with Crippen LogP contribution in [0, 0.1) is 5.92 Å². The molecule has 1 aromatic rings. The number of likely N-dealkylation sites (N-methyl/N-ethyl adjacent to an activating group) is 1. The molecule has 1 aromatic carbocycles. The second-order valence-corrected chi connectivity index (χ2v) is 11.3. The van der Waals surface area contributed by atoms with E-state index in [4.69, 9.17) is 5.73 Å². The summed E-state index contributed by atoms with van der Waals surface area (Å²) in [6.45, 7) is 6.07. The molecule has 3 atom stereocenters. The van der Waals surface area contributed by atoms with E-state index in [1.54, 1.807) is 24.0 Å². The first-order chi connectivity index (χ1) is 19.8. The number of carbonyl (C=O) groups excluding carboxylic acids is 4. The van der Waals surface area contributed by atoms with Gasteiger partial charge in [0.15, 0.2) is 0 Å². The lowest BCUT2D eigenvalue weighted by Crippen LogP contribution is -2.60. The lowest BCUT2D eigenvalue weighted by Gasteiger charge is -2.36. The highest BCUT2D eigenvalue weighted by Gasteiger charge is 2.52. The van der Waals surface area contributed by atoms with Crippen molar-refractivity contribution in [3.8, 4) is 0 Å². The number of nitrogens with two attached hydrogens (primary N) is 1. The number of alkyl halides is 3. The van der Waals surface area contributed by atoms with Crippen LogP contribution in [0.2, 0.25) is 0 Å². The van der Waals surface area contributed by atoms with E-state index < -0.39 is 41.7 Å². The van der Waals surface area contributed by atoms with Gasteiger partial charge in [0.05, 0.1) is 0 Å². The lowest BCUT2D eigenvalue weighted by atomic mass is 9.87. The standard InChI is InChI=1S/C29H42F3N5O5/c1-4-23(38)35-24(25(39)37-17-15-36(3)16-18-37)19(2)20-11-13-22(14-12-20)34-26(40)28(33,42-27(41)29(30,31)32)21-9-7-5-6-8-10-21/h11-14,19,21,24H,4-10,15-18,33H2,1-3H3,(H,34,40)(H,35,38)/t19-,24+,28-/m0/s1. The number of nitrogens with zero attached hydrogens (tertiary/aromatic N) is 2. The summed E-state index contributed by atoms with van der Waals surface area (Å²) in [6.07, 6.45) is -1.42. The molecule has 1 saturated carbocycles. The van der Waals surface area contributed by atoms with E-state index in [2.05, 4.69) is 20.3 Å². The number of rotatable bonds is 9. The third kappa shape index (κ3) is 8.43. The number of piperazine rings is 1. The van der Waals surface area contributed by atoms with Crippen LogP contribution in [0.4, 0.5) is 18.9 Å². The van der Waals surface area contributed by atoms with Gasteiger partial charge in [0.25, 0.3) is 5.91 Å². The van der Waals surface area contributed by atoms with Gasteiger partial charge in [0, 0.05) is 50.1 Å². The average molecular weight is 598 g/mol. The molecule has 1 heterocycles. The molecule has 0 aromatic heterocycles. The Morgan fingerprint density at radius 1 is 1.00 bits per heavy atom. The Kier molecular flexibility index (Phi) is 11.4. The first-order valence-electron chi connectivity index (χ1n) is 14.5. The number of ether oxygens (including phenoxy) is 1. The van der Waals surface area contributed by atoms with E-state index in [0.717, 1.165) is 25.9 Å². The van der Waals surface area contributed by atoms with Crippen molar-refractivity contribution in [2.75, 3.05) is 38.5 Å². The first kappa shape index (κ1) is 33.3. The van der Waals surface area contributed by atoms with Gasteiger partial charge >= 0.3 is 12.1 Å². The fourth-order valence-electron chi connectivity index (χ4n) is 5.43. The van der Waals surface area contributed by atoms with Gasteiger partial charge in [-0.25, -0.2) is 4.79 Å². The Hall–Kier alpha value is -3.19. The Morgan fingerprint density at radius 3 is 2.10 bits per heavy atom. The van der Waals surface area contributed by atoms with Crippen molar-refractivity contribution in [3.05, 3.63) is 29.8 Å². The van der Waals surface area contributed by atoms with Crippen LogP contribution in [0.25, 0.3) is 0 Å². The van der Waals surface area contributed by atoms with Crippen molar-refractivity contribution in [1.82, 2.24) is 15.1 Å². The summed E-state index contributed by atoms with van der Waals surface area (Å²) in [5.74, 6) is -5.22. The SMILES string of the molecule is CCC(=O)N[C@@H](C(=O)N1CCN(C)CC1)[C@@H](C)c1ccc(NC(=O)[C@@](N)(OC(=O)C(F)(F)F)C2CCCCCC2)cc1. The van der Waals surface area contributed by atoms with E-state index >= 15 is 0 Å². The molecule has 0 spiro atoms. The number of amides is 3. The molecule has 3 amide bonds. The van der Waals surface area contributed by atoms with Crippen molar-refractivity contribution in [2.24, 2.45) is 11.7 Å². The smallest absolute Gasteiger partial charge is 0.427 e. The number of halogens is 3. The predicted molar refractivity (Wildman–Crippen MR) is 150 cm³/mol. The zero-order valence-corrected chi connectivity index (χ0v) is 24.5. The number of carbonyl (C=O) groups is 4. The molecule has 0 bridgehead atoms. The molecule has 0 radical (unpaired) electrons. The first-order valence-corrected chi connectivity index (χ1v) is 14.5. The number of anilines is 1. The van der Waals surface area contributed by atoms with Gasteiger partial charge in [-0.2, -0.15) is 13.2 Å². The van der Waals surface area contributed by atoms with Crippen LogP contribution in [0.1, 0.15) is 70.3 Å². The van der Waals surface area contributed by atoms with Gasteiger partial charge < -0.3 is 25.2 Å². The number of benzene rings is 1. The Bertz CT molecular complexity index is 1100. The summed E-state index contributed by atoms with van der Waals surface area (Å²) in [6, 6.07) is 5.57. The van der Waals surface area contributed by atoms with Gasteiger partial charge in [0.2, 0.25) is 17.5 Å². The summed E-state index contributed by atoms with van der Waals surface area (Å²) in [5.41, 5.74) is 4.60. The molecule has 234 valence electrons. The maximum absolute atomic E-state index is 13.4. The van der Waals surface area contributed by atoms with Crippen molar-refractivity contribution >= 4 is 29.4 Å². The molecule has 0 unspecified atom stereocenters. The summed E-state index contributed by atoms with van der Waals surface area (Å²) in [4.78, 5) is 54.6. The number of esters is 1. The normalized spacial score (nSPS) is 20.0. The molecule has 2 fully saturated rings. The van der Waals surface area contributed by atoms with Crippen molar-refractivity contribution in [2.45, 2.75) is 82.7 Å². The molecular formula is C29H42F3N5O5. The third-order valence-corrected chi connectivity index (χ3v) is 8.22. The van der Waals surface area contributed by atoms with Gasteiger partial charge in [0.1, 0.15) is 6.04 Å². The van der Waals surface area contributed by atoms with Gasteiger partial charge in [-0.1, -0.05) is 51.7 Å². The highest BCUT2D eigenvalue weighted by molar-refractivity contribution is 5.98. The van der Waals surface area contributed by atoms with E-state index in [1.807, 2.05) is 14.0 Å². The molecule has 1 saturated heterocycles. The second-order valence-electron chi connectivity index (χ2n) is 11.3. The van der Waals surface area contributed by atoms with Crippen molar-refractivity contribution < 1.29 is 37.1 Å². The fourth-order valence-corrected chi connectivity index (χ4v) is 5.43. The van der Waals surface area contributed by atoms with Gasteiger partial charge in [-0.15, -0.1) is 0 Å². The van der Waals surface area contributed by atoms with Crippen LogP contribution in [0.5, 0.6) is 0 Å². The number of hydrogen-bond acceptors (Lipinski definition) is 7. The molecule has 42 heavy (non-hydrogen) atoms. The Morgan fingerprint density at radius 2 is 1.57 bits per heavy atom. The largest absolute Gasteiger partial charge is 0.491 e. The second kappa shape index (κ2) is 14.3. The zero-order chi connectivity index (χ0) is 31.1. The molecule has 2 aliphatic rings. The van der Waals surface area contributed by atoms with Crippen LogP contribution in [0.15, 0.2) is 24.3 Å². The molecule has 1 aliphatic carbocycles. The molecule has 13 heteroatoms. The van der Waals surface area contributed by atoms with Crippen LogP contribution in [-0.4, -0.2) is 84.7 Å². The minimum atomic E-state index is -5.31. The summed E-state index contributed by atoms with van der Waals surface area (Å²) in [5, 5.41) is 5.36. The predicted octanol–water partition coefficient (Wildman–Crippen LogP) is 3.13. The molecule has 1 aliphatic heterocycles. The molecule has 10 nitrogen and oxygen atoms in total. The average Bonchev–Trinajstić information content (AvgIpc) is 3.25. The molecule has 3 rings (SSSR count). The van der Waals surface area contributed by atoms with Crippen LogP contribution < -0.4 is 16.4 Å². The van der Waals surface area contributed by atoms with Crippen LogP contribution in [0.3, 0.4) is 0 Å². The monoisotopic (exact) mass is 597 g/mol. The fraction of sp³-hybridized carbons (Fsp3) is 0.655. The quantitative estimate of drug-likeness (QED) is 0.226. The topological polar surface area (TPSA) is 134 Å². The van der Waals surface area contributed by atoms with Crippen molar-refractivity contribution in [1.29, 1.82) is 0 Å². The molecular weight excluding hydrogens is 555 g/mol. The maximum Gasteiger partial charge on any atom is 0.491 e. The van der Waals surface area contributed by atoms with Crippen LogP contribution in [-0.2, 0) is 23.9 Å². The van der Waals surface area contributed by atoms with Gasteiger partial charge in [-0.3, -0.25) is 20.1 Å². The Balaban J connectivity index is 1.79. The van der Waals surface area contributed by atoms with E-state index in [-0.39, 0.29) is 23.9 Å². The summed E-state index contributed by atoms with van der Waals surface area (Å²) < 4.78 is 43.9. The Labute approximate surface area is 244 Å². The lowest BCUT2D eigenvalue weighted by molar-refractivity contribution is -0.218. The van der Waals surface area contributed by atoms with Crippen LogP contribution >= 0.6 is 0 Å². The number of nitrogens with one attached hydrogen (secondary N) is 2. The maximum atomic E-state index is 13.4. The van der Waals surface area contributed by atoms with Crippen molar-refractivity contribution in [3.63, 3.8) is 0 Å². The zero-order valence-electron chi connectivity index (χ0n) is 24.5. The minimum Gasteiger partial charge on any atom is -0.427 e.